The van der Waals surface area contributed by atoms with Crippen LogP contribution < -0.4 is 15.0 Å². The minimum absolute atomic E-state index is 0.301. The van der Waals surface area contributed by atoms with E-state index in [9.17, 15) is 4.79 Å². The molecule has 0 radical (unpaired) electrons. The van der Waals surface area contributed by atoms with E-state index in [1.54, 1.807) is 23.0 Å². The summed E-state index contributed by atoms with van der Waals surface area (Å²) in [6, 6.07) is 10.0. The quantitative estimate of drug-likeness (QED) is 0.454. The largest absolute Gasteiger partial charge is 0.477 e. The summed E-state index contributed by atoms with van der Waals surface area (Å²) in [6.45, 7) is 4.31. The predicted octanol–water partition coefficient (Wildman–Crippen LogP) is 5.38. The molecule has 41 heavy (non-hydrogen) atoms. The molecule has 1 atom stereocenters. The van der Waals surface area contributed by atoms with Crippen LogP contribution in [0.2, 0.25) is 0 Å². The van der Waals surface area contributed by atoms with E-state index in [2.05, 4.69) is 69.7 Å². The van der Waals surface area contributed by atoms with Crippen LogP contribution in [0.1, 0.15) is 53.7 Å². The molecule has 3 aliphatic rings. The van der Waals surface area contributed by atoms with Crippen molar-refractivity contribution in [3.63, 3.8) is 0 Å². The van der Waals surface area contributed by atoms with Crippen molar-refractivity contribution in [3.05, 3.63) is 59.4 Å². The van der Waals surface area contributed by atoms with Gasteiger partial charge in [-0.15, -0.1) is 0 Å². The number of ether oxygens (including phenoxy) is 1. The zero-order chi connectivity index (χ0) is 28.5. The lowest BCUT2D eigenvalue weighted by Gasteiger charge is -2.25. The van der Waals surface area contributed by atoms with E-state index in [1.165, 1.54) is 12.8 Å². The number of guanidine groups is 1. The third kappa shape index (κ3) is 6.05. The molecule has 1 N–H and O–H groups in total. The third-order valence-electron chi connectivity index (χ3n) is 8.10. The zero-order valence-corrected chi connectivity index (χ0v) is 24.4. The van der Waals surface area contributed by atoms with E-state index < -0.39 is 0 Å². The average Bonchev–Trinajstić information content (AvgIpc) is 3.65. The van der Waals surface area contributed by atoms with E-state index in [0.29, 0.717) is 41.5 Å². The molecule has 3 aromatic rings. The molecule has 1 aromatic carbocycles. The maximum absolute atomic E-state index is 13.7. The van der Waals surface area contributed by atoms with Crippen molar-refractivity contribution in [1.82, 2.24) is 19.7 Å². The number of carbonyl (C=O) groups excluding carboxylic acids is 1. The van der Waals surface area contributed by atoms with Crippen LogP contribution in [-0.2, 0) is 7.05 Å². The Labute approximate surface area is 241 Å². The minimum atomic E-state index is -0.301. The van der Waals surface area contributed by atoms with Crippen molar-refractivity contribution in [1.29, 1.82) is 0 Å². The van der Waals surface area contributed by atoms with Crippen LogP contribution in [0, 0.1) is 18.8 Å². The molecule has 2 bridgehead atoms. The van der Waals surface area contributed by atoms with Crippen molar-refractivity contribution in [2.75, 3.05) is 44.0 Å². The Hall–Kier alpha value is -3.98. The summed E-state index contributed by atoms with van der Waals surface area (Å²) < 4.78 is 8.01. The summed E-state index contributed by atoms with van der Waals surface area (Å²) in [5, 5.41) is 7.88. The molecular formula is C32H39N7O2. The Bertz CT molecular complexity index is 1500. The van der Waals surface area contributed by atoms with Gasteiger partial charge >= 0.3 is 0 Å². The summed E-state index contributed by atoms with van der Waals surface area (Å²) >= 11 is 0. The summed E-state index contributed by atoms with van der Waals surface area (Å²) in [4.78, 5) is 27.4. The monoisotopic (exact) mass is 553 g/mol. The molecule has 1 aliphatic carbocycles. The van der Waals surface area contributed by atoms with Crippen LogP contribution in [0.3, 0.4) is 0 Å². The molecule has 1 fully saturated rings. The Morgan fingerprint density at radius 3 is 2.80 bits per heavy atom. The summed E-state index contributed by atoms with van der Waals surface area (Å²) in [7, 11) is 6.05. The van der Waals surface area contributed by atoms with Gasteiger partial charge in [-0.25, -0.2) is 4.68 Å². The smallest absolute Gasteiger partial charge is 0.280 e. The summed E-state index contributed by atoms with van der Waals surface area (Å²) in [6.07, 6.45) is 11.6. The first-order valence-electron chi connectivity index (χ1n) is 14.6. The maximum atomic E-state index is 13.7. The van der Waals surface area contributed by atoms with Crippen molar-refractivity contribution >= 4 is 29.3 Å². The standard InChI is InChI=1S/C32H39N7O2/c1-21-16-25-18-28(34-21)26-19-33-38(4)31(26)41-15-7-9-24(23-11-12-23)20-39-29-17-22(8-5-6-14-37(2)3)10-13-27(29)35-32(39)36-30(25)40/h5,8,10,13,16-19,23-24H,6-7,9,11-12,14-15,20H2,1-4H3,(H,35,36,40)/b8-5+. The van der Waals surface area contributed by atoms with E-state index >= 15 is 0 Å². The predicted molar refractivity (Wildman–Crippen MR) is 164 cm³/mol. The second-order valence-electron chi connectivity index (χ2n) is 11.7. The van der Waals surface area contributed by atoms with Gasteiger partial charge in [-0.05, 0) is 94.8 Å². The highest BCUT2D eigenvalue weighted by molar-refractivity contribution is 6.19. The second kappa shape index (κ2) is 11.5. The second-order valence-corrected chi connectivity index (χ2v) is 11.7. The average molecular weight is 554 g/mol. The summed E-state index contributed by atoms with van der Waals surface area (Å²) in [5.41, 5.74) is 5.87. The van der Waals surface area contributed by atoms with Gasteiger partial charge in [-0.3, -0.25) is 9.78 Å². The van der Waals surface area contributed by atoms with Gasteiger partial charge in [0, 0.05) is 31.4 Å². The number of benzene rings is 1. The van der Waals surface area contributed by atoms with Crippen LogP contribution in [0.4, 0.5) is 11.4 Å². The van der Waals surface area contributed by atoms with Crippen LogP contribution >= 0.6 is 0 Å². The van der Waals surface area contributed by atoms with Gasteiger partial charge in [0.25, 0.3) is 5.91 Å². The lowest BCUT2D eigenvalue weighted by atomic mass is 9.97. The molecule has 4 heterocycles. The lowest BCUT2D eigenvalue weighted by Crippen LogP contribution is -2.36. The molecule has 9 heteroatoms. The molecule has 2 aromatic heterocycles. The SMILES string of the molecule is Cc1cc2cc(n1)-c1cnn(C)c1OCCCC(C1CC1)CN1/C(=N/C2=O)Nc2ccc(/C=C/CCN(C)C)cc21. The maximum Gasteiger partial charge on any atom is 0.280 e. The molecule has 214 valence electrons. The van der Waals surface area contributed by atoms with Crippen molar-refractivity contribution < 1.29 is 9.53 Å². The van der Waals surface area contributed by atoms with Crippen LogP contribution in [0.25, 0.3) is 17.3 Å². The van der Waals surface area contributed by atoms with Gasteiger partial charge in [0.1, 0.15) is 0 Å². The van der Waals surface area contributed by atoms with Gasteiger partial charge in [0.15, 0.2) is 0 Å². The highest BCUT2D eigenvalue weighted by Gasteiger charge is 2.36. The normalized spacial score (nSPS) is 20.4. The Morgan fingerprint density at radius 1 is 1.15 bits per heavy atom. The molecule has 1 saturated carbocycles. The number of hydrogen-bond acceptors (Lipinski definition) is 7. The fourth-order valence-electron chi connectivity index (χ4n) is 5.77. The van der Waals surface area contributed by atoms with Gasteiger partial charge in [0.2, 0.25) is 11.8 Å². The molecule has 0 saturated heterocycles. The van der Waals surface area contributed by atoms with E-state index in [-0.39, 0.29) is 5.91 Å². The van der Waals surface area contributed by atoms with Gasteiger partial charge in [-0.2, -0.15) is 10.1 Å². The molecule has 1 amide bonds. The van der Waals surface area contributed by atoms with Crippen LogP contribution in [0.5, 0.6) is 5.88 Å². The van der Waals surface area contributed by atoms with E-state index in [4.69, 9.17) is 9.72 Å². The number of aryl methyl sites for hydroxylation is 2. The number of pyridine rings is 1. The fraction of sp³-hybridized carbons (Fsp3) is 0.438. The Morgan fingerprint density at radius 2 is 2.00 bits per heavy atom. The van der Waals surface area contributed by atoms with Crippen LogP contribution in [-0.4, -0.2) is 65.3 Å². The molecular weight excluding hydrogens is 514 g/mol. The first kappa shape index (κ1) is 27.2. The number of amides is 1. The zero-order valence-electron chi connectivity index (χ0n) is 24.4. The highest BCUT2D eigenvalue weighted by Crippen LogP contribution is 2.42. The number of carbonyl (C=O) groups is 1. The number of hydrogen-bond donors (Lipinski definition) is 1. The van der Waals surface area contributed by atoms with Gasteiger partial charge < -0.3 is 19.9 Å². The Balaban J connectivity index is 1.37. The van der Waals surface area contributed by atoms with E-state index in [1.807, 2.05) is 14.0 Å². The number of fused-ring (bicyclic) bond motifs is 7. The summed E-state index contributed by atoms with van der Waals surface area (Å²) in [5.74, 6) is 2.13. The number of anilines is 2. The Kier molecular flexibility index (Phi) is 7.62. The molecule has 1 unspecified atom stereocenters. The first-order valence-corrected chi connectivity index (χ1v) is 14.6. The highest BCUT2D eigenvalue weighted by atomic mass is 16.5. The van der Waals surface area contributed by atoms with Crippen molar-refractivity contribution in [3.8, 4) is 17.1 Å². The minimum Gasteiger partial charge on any atom is -0.477 e. The van der Waals surface area contributed by atoms with Gasteiger partial charge in [-0.1, -0.05) is 18.2 Å². The topological polar surface area (TPSA) is 87.9 Å². The molecule has 2 aliphatic heterocycles. The van der Waals surface area contributed by atoms with Crippen LogP contribution in [0.15, 0.2) is 47.6 Å². The molecule has 6 rings (SSSR count). The number of aliphatic imine (C=N–C) groups is 1. The lowest BCUT2D eigenvalue weighted by molar-refractivity contribution is 0.100. The number of aromatic nitrogens is 3. The number of nitrogens with one attached hydrogen (secondary N) is 1. The number of rotatable bonds is 5. The first-order chi connectivity index (χ1) is 19.9. The molecule has 0 spiro atoms. The van der Waals surface area contributed by atoms with Crippen molar-refractivity contribution in [2.45, 2.75) is 39.0 Å². The van der Waals surface area contributed by atoms with Crippen molar-refractivity contribution in [2.24, 2.45) is 23.9 Å². The van der Waals surface area contributed by atoms with E-state index in [0.717, 1.165) is 60.5 Å². The number of nitrogens with zero attached hydrogens (tertiary/aromatic N) is 6. The molecule has 9 nitrogen and oxygen atoms in total. The van der Waals surface area contributed by atoms with Gasteiger partial charge in [0.05, 0.1) is 35.4 Å². The fourth-order valence-corrected chi connectivity index (χ4v) is 5.77. The third-order valence-corrected chi connectivity index (χ3v) is 8.10.